The van der Waals surface area contributed by atoms with Gasteiger partial charge in [-0.05, 0) is 29.8 Å². The molecule has 0 aliphatic rings. The zero-order valence-electron chi connectivity index (χ0n) is 14.2. The standard InChI is InChI=1S/C18H15BrF3N3OS/c1-24(10-16-23-8-9-25(16)11-18(20,21)22)17(26)15-7-6-14(27-15)12-2-4-13(19)5-3-12/h2-9H,10-11H2,1H3. The minimum Gasteiger partial charge on any atom is -0.334 e. The summed E-state index contributed by atoms with van der Waals surface area (Å²) in [6.07, 6.45) is -1.78. The van der Waals surface area contributed by atoms with Gasteiger partial charge in [0.2, 0.25) is 0 Å². The van der Waals surface area contributed by atoms with Crippen LogP contribution < -0.4 is 0 Å². The first-order valence-electron chi connectivity index (χ1n) is 7.91. The average Bonchev–Trinajstić information content (AvgIpc) is 3.23. The molecule has 0 spiro atoms. The van der Waals surface area contributed by atoms with Crippen molar-refractivity contribution in [1.82, 2.24) is 14.5 Å². The highest BCUT2D eigenvalue weighted by Crippen LogP contribution is 2.30. The third-order valence-corrected chi connectivity index (χ3v) is 5.47. The minimum atomic E-state index is -4.34. The smallest absolute Gasteiger partial charge is 0.334 e. The van der Waals surface area contributed by atoms with Crippen molar-refractivity contribution in [3.05, 3.63) is 64.0 Å². The average molecular weight is 458 g/mol. The first-order valence-corrected chi connectivity index (χ1v) is 9.52. The van der Waals surface area contributed by atoms with Gasteiger partial charge in [0.15, 0.2) is 0 Å². The molecule has 1 amide bonds. The molecule has 2 aromatic heterocycles. The summed E-state index contributed by atoms with van der Waals surface area (Å²) in [4.78, 5) is 19.4. The maximum Gasteiger partial charge on any atom is 0.406 e. The maximum atomic E-state index is 12.6. The van der Waals surface area contributed by atoms with E-state index < -0.39 is 12.7 Å². The Morgan fingerprint density at radius 3 is 2.59 bits per heavy atom. The summed E-state index contributed by atoms with van der Waals surface area (Å²) in [6, 6.07) is 11.3. The van der Waals surface area contributed by atoms with Gasteiger partial charge >= 0.3 is 6.18 Å². The van der Waals surface area contributed by atoms with E-state index in [0.717, 1.165) is 19.5 Å². The molecule has 0 unspecified atom stereocenters. The van der Waals surface area contributed by atoms with Gasteiger partial charge in [-0.3, -0.25) is 4.79 Å². The molecule has 0 bridgehead atoms. The number of aromatic nitrogens is 2. The molecular formula is C18H15BrF3N3OS. The number of halogens is 4. The zero-order chi connectivity index (χ0) is 19.6. The molecule has 27 heavy (non-hydrogen) atoms. The molecule has 2 heterocycles. The first-order chi connectivity index (χ1) is 12.7. The lowest BCUT2D eigenvalue weighted by molar-refractivity contribution is -0.141. The van der Waals surface area contributed by atoms with E-state index in [1.165, 1.54) is 28.6 Å². The number of amides is 1. The molecule has 9 heteroatoms. The number of hydrogen-bond donors (Lipinski definition) is 0. The van der Waals surface area contributed by atoms with Gasteiger partial charge in [-0.1, -0.05) is 28.1 Å². The zero-order valence-corrected chi connectivity index (χ0v) is 16.6. The van der Waals surface area contributed by atoms with Crippen LogP contribution in [0.25, 0.3) is 10.4 Å². The van der Waals surface area contributed by atoms with Gasteiger partial charge in [-0.2, -0.15) is 13.2 Å². The molecule has 1 aromatic carbocycles. The van der Waals surface area contributed by atoms with Crippen molar-refractivity contribution < 1.29 is 18.0 Å². The summed E-state index contributed by atoms with van der Waals surface area (Å²) in [5, 5.41) is 0. The monoisotopic (exact) mass is 457 g/mol. The van der Waals surface area contributed by atoms with Crippen molar-refractivity contribution in [1.29, 1.82) is 0 Å². The Bertz CT molecular complexity index is 934. The second-order valence-electron chi connectivity index (χ2n) is 5.92. The first kappa shape index (κ1) is 19.6. The largest absolute Gasteiger partial charge is 0.406 e. The van der Waals surface area contributed by atoms with Crippen LogP contribution in [0, 0.1) is 0 Å². The lowest BCUT2D eigenvalue weighted by atomic mass is 10.2. The third kappa shape index (κ3) is 4.98. The van der Waals surface area contributed by atoms with Crippen LogP contribution in [-0.2, 0) is 13.1 Å². The summed E-state index contributed by atoms with van der Waals surface area (Å²) in [7, 11) is 1.55. The normalized spacial score (nSPS) is 11.6. The van der Waals surface area contributed by atoms with Gasteiger partial charge in [0, 0.05) is 28.8 Å². The maximum absolute atomic E-state index is 12.6. The molecule has 142 valence electrons. The predicted molar refractivity (Wildman–Crippen MR) is 102 cm³/mol. The van der Waals surface area contributed by atoms with Crippen LogP contribution in [-0.4, -0.2) is 33.6 Å². The molecule has 0 radical (unpaired) electrons. The number of thiophene rings is 1. The van der Waals surface area contributed by atoms with Crippen molar-refractivity contribution in [2.75, 3.05) is 7.05 Å². The molecule has 4 nitrogen and oxygen atoms in total. The number of carbonyl (C=O) groups is 1. The molecule has 0 aliphatic carbocycles. The number of hydrogen-bond acceptors (Lipinski definition) is 3. The Morgan fingerprint density at radius 1 is 1.22 bits per heavy atom. The van der Waals surface area contributed by atoms with Crippen molar-refractivity contribution in [2.45, 2.75) is 19.3 Å². The van der Waals surface area contributed by atoms with Gasteiger partial charge in [-0.25, -0.2) is 4.98 Å². The number of nitrogens with zero attached hydrogens (tertiary/aromatic N) is 3. The van der Waals surface area contributed by atoms with Gasteiger partial charge in [0.25, 0.3) is 5.91 Å². The predicted octanol–water partition coefficient (Wildman–Crippen LogP) is 5.21. The van der Waals surface area contributed by atoms with Crippen molar-refractivity contribution >= 4 is 33.2 Å². The number of imidazole rings is 1. The van der Waals surface area contributed by atoms with Crippen LogP contribution >= 0.6 is 27.3 Å². The quantitative estimate of drug-likeness (QED) is 0.527. The Balaban J connectivity index is 1.71. The minimum absolute atomic E-state index is 0.00652. The van der Waals surface area contributed by atoms with Crippen LogP contribution in [0.1, 0.15) is 15.5 Å². The molecule has 3 rings (SSSR count). The van der Waals surface area contributed by atoms with E-state index >= 15 is 0 Å². The number of benzene rings is 1. The fraction of sp³-hybridized carbons (Fsp3) is 0.222. The molecule has 0 saturated carbocycles. The molecule has 0 fully saturated rings. The fourth-order valence-electron chi connectivity index (χ4n) is 2.52. The van der Waals surface area contributed by atoms with E-state index in [1.807, 2.05) is 30.3 Å². The number of alkyl halides is 3. The second kappa shape index (κ2) is 7.85. The Kier molecular flexibility index (Phi) is 5.71. The molecule has 0 N–H and O–H groups in total. The van der Waals surface area contributed by atoms with Crippen LogP contribution in [0.15, 0.2) is 53.3 Å². The summed E-state index contributed by atoms with van der Waals surface area (Å²) in [6.45, 7) is -1.13. The molecule has 0 atom stereocenters. The van der Waals surface area contributed by atoms with E-state index in [1.54, 1.807) is 13.1 Å². The molecule has 0 aliphatic heterocycles. The van der Waals surface area contributed by atoms with E-state index in [2.05, 4.69) is 20.9 Å². The fourth-order valence-corrected chi connectivity index (χ4v) is 3.79. The second-order valence-corrected chi connectivity index (χ2v) is 7.92. The van der Waals surface area contributed by atoms with E-state index in [0.29, 0.717) is 4.88 Å². The summed E-state index contributed by atoms with van der Waals surface area (Å²) < 4.78 is 39.8. The van der Waals surface area contributed by atoms with Crippen LogP contribution in [0.5, 0.6) is 0 Å². The SMILES string of the molecule is CN(Cc1nccn1CC(F)(F)F)C(=O)c1ccc(-c2ccc(Br)cc2)s1. The highest BCUT2D eigenvalue weighted by molar-refractivity contribution is 9.10. The van der Waals surface area contributed by atoms with Crippen molar-refractivity contribution in [3.8, 4) is 10.4 Å². The van der Waals surface area contributed by atoms with Crippen LogP contribution in [0.2, 0.25) is 0 Å². The highest BCUT2D eigenvalue weighted by atomic mass is 79.9. The number of rotatable bonds is 5. The topological polar surface area (TPSA) is 38.1 Å². The number of carbonyl (C=O) groups excluding carboxylic acids is 1. The van der Waals surface area contributed by atoms with Gasteiger partial charge in [0.05, 0.1) is 11.4 Å². The van der Waals surface area contributed by atoms with Gasteiger partial charge in [0.1, 0.15) is 12.4 Å². The molecule has 3 aromatic rings. The lowest BCUT2D eigenvalue weighted by Gasteiger charge is -2.17. The summed E-state index contributed by atoms with van der Waals surface area (Å²) in [5.74, 6) is -0.0715. The van der Waals surface area contributed by atoms with Crippen LogP contribution in [0.3, 0.4) is 0 Å². The molecule has 0 saturated heterocycles. The summed E-state index contributed by atoms with van der Waals surface area (Å²) in [5.41, 5.74) is 0.991. The summed E-state index contributed by atoms with van der Waals surface area (Å²) >= 11 is 4.72. The van der Waals surface area contributed by atoms with E-state index in [9.17, 15) is 18.0 Å². The van der Waals surface area contributed by atoms with Crippen molar-refractivity contribution in [3.63, 3.8) is 0 Å². The third-order valence-electron chi connectivity index (χ3n) is 3.82. The van der Waals surface area contributed by atoms with E-state index in [4.69, 9.17) is 0 Å². The van der Waals surface area contributed by atoms with Crippen LogP contribution in [0.4, 0.5) is 13.2 Å². The Hall–Kier alpha value is -2.13. The lowest BCUT2D eigenvalue weighted by Crippen LogP contribution is -2.28. The van der Waals surface area contributed by atoms with Crippen molar-refractivity contribution in [2.24, 2.45) is 0 Å². The Morgan fingerprint density at radius 2 is 1.93 bits per heavy atom. The van der Waals surface area contributed by atoms with Gasteiger partial charge in [-0.15, -0.1) is 11.3 Å². The highest BCUT2D eigenvalue weighted by Gasteiger charge is 2.29. The molecular weight excluding hydrogens is 443 g/mol. The van der Waals surface area contributed by atoms with E-state index in [-0.39, 0.29) is 18.3 Å². The van der Waals surface area contributed by atoms with Gasteiger partial charge < -0.3 is 9.47 Å². The Labute approximate surface area is 166 Å².